The third kappa shape index (κ3) is 5.10. The van der Waals surface area contributed by atoms with Crippen LogP contribution < -0.4 is 0 Å². The quantitative estimate of drug-likeness (QED) is 0.574. The molecule has 2 unspecified atom stereocenters. The molecule has 0 bridgehead atoms. The highest BCUT2D eigenvalue weighted by molar-refractivity contribution is 7.79. The smallest absolute Gasteiger partial charge is 0.311 e. The van der Waals surface area contributed by atoms with Crippen LogP contribution in [0.5, 0.6) is 0 Å². The first kappa shape index (κ1) is 13.9. The van der Waals surface area contributed by atoms with Crippen LogP contribution in [0, 0.1) is 0 Å². The highest BCUT2D eigenvalue weighted by atomic mass is 32.2. The fourth-order valence-electron chi connectivity index (χ4n) is 1.38. The van der Waals surface area contributed by atoms with E-state index in [1.54, 1.807) is 12.1 Å². The summed E-state index contributed by atoms with van der Waals surface area (Å²) in [4.78, 5) is 11.5. The molecule has 0 N–H and O–H groups in total. The Labute approximate surface area is 103 Å². The largest absolute Gasteiger partial charge is 0.770 e. The van der Waals surface area contributed by atoms with Crippen molar-refractivity contribution in [2.75, 3.05) is 0 Å². The maximum atomic E-state index is 11.5. The van der Waals surface area contributed by atoms with Gasteiger partial charge in [-0.3, -0.25) is 9.00 Å². The monoisotopic (exact) mass is 255 g/mol. The SMILES string of the molecule is CCCC(OC(=O)Cc1ccccc1)S(=O)[O-]. The molecule has 0 radical (unpaired) electrons. The van der Waals surface area contributed by atoms with Crippen molar-refractivity contribution in [1.29, 1.82) is 0 Å². The zero-order valence-corrected chi connectivity index (χ0v) is 10.4. The molecule has 17 heavy (non-hydrogen) atoms. The van der Waals surface area contributed by atoms with Gasteiger partial charge in [-0.15, -0.1) is 0 Å². The van der Waals surface area contributed by atoms with Crippen molar-refractivity contribution >= 4 is 17.0 Å². The lowest BCUT2D eigenvalue weighted by Gasteiger charge is -2.19. The molecule has 0 saturated carbocycles. The predicted octanol–water partition coefficient (Wildman–Crippen LogP) is 1.78. The Morgan fingerprint density at radius 2 is 2.06 bits per heavy atom. The average Bonchev–Trinajstić information content (AvgIpc) is 2.29. The summed E-state index contributed by atoms with van der Waals surface area (Å²) in [7, 11) is 0. The lowest BCUT2D eigenvalue weighted by Crippen LogP contribution is -2.23. The van der Waals surface area contributed by atoms with Gasteiger partial charge in [-0.25, -0.2) is 0 Å². The normalized spacial score (nSPS) is 14.0. The van der Waals surface area contributed by atoms with Gasteiger partial charge in [-0.2, -0.15) is 0 Å². The molecular formula is C12H15O4S-. The fourth-order valence-corrected chi connectivity index (χ4v) is 1.99. The van der Waals surface area contributed by atoms with Gasteiger partial charge in [-0.05, 0) is 23.1 Å². The third-order valence-corrected chi connectivity index (χ3v) is 2.95. The van der Waals surface area contributed by atoms with Crippen LogP contribution in [0.2, 0.25) is 0 Å². The summed E-state index contributed by atoms with van der Waals surface area (Å²) in [5, 5.41) is 0. The minimum Gasteiger partial charge on any atom is -0.770 e. The van der Waals surface area contributed by atoms with Gasteiger partial charge in [0.25, 0.3) is 0 Å². The van der Waals surface area contributed by atoms with Crippen LogP contribution in [-0.2, 0) is 27.0 Å². The minimum atomic E-state index is -2.37. The van der Waals surface area contributed by atoms with Crippen molar-refractivity contribution in [3.05, 3.63) is 35.9 Å². The van der Waals surface area contributed by atoms with Crippen LogP contribution in [0.1, 0.15) is 25.3 Å². The Kier molecular flexibility index (Phi) is 5.86. The molecule has 0 saturated heterocycles. The number of hydrogen-bond acceptors (Lipinski definition) is 4. The standard InChI is InChI=1S/C12H16O4S/c1-2-6-12(17(14)15)16-11(13)9-10-7-4-3-5-8-10/h3-5,7-8,12H,2,6,9H2,1H3,(H,14,15)/p-1. The Morgan fingerprint density at radius 1 is 1.41 bits per heavy atom. The first-order valence-corrected chi connectivity index (χ1v) is 6.58. The van der Waals surface area contributed by atoms with E-state index in [0.717, 1.165) is 5.56 Å². The molecule has 1 aromatic rings. The molecule has 0 aromatic heterocycles. The third-order valence-electron chi connectivity index (χ3n) is 2.19. The van der Waals surface area contributed by atoms with Gasteiger partial charge in [0, 0.05) is 0 Å². The molecule has 1 aromatic carbocycles. The van der Waals surface area contributed by atoms with Crippen molar-refractivity contribution in [2.45, 2.75) is 31.6 Å². The van der Waals surface area contributed by atoms with Crippen molar-refractivity contribution < 1.29 is 18.3 Å². The van der Waals surface area contributed by atoms with Crippen LogP contribution in [0.3, 0.4) is 0 Å². The molecule has 1 rings (SSSR count). The van der Waals surface area contributed by atoms with E-state index in [1.807, 2.05) is 25.1 Å². The van der Waals surface area contributed by atoms with Gasteiger partial charge in [0.1, 0.15) is 0 Å². The summed E-state index contributed by atoms with van der Waals surface area (Å²) in [6.45, 7) is 1.84. The van der Waals surface area contributed by atoms with E-state index < -0.39 is 22.5 Å². The van der Waals surface area contributed by atoms with Gasteiger partial charge in [-0.1, -0.05) is 43.7 Å². The van der Waals surface area contributed by atoms with Gasteiger partial charge >= 0.3 is 5.97 Å². The van der Waals surface area contributed by atoms with E-state index in [-0.39, 0.29) is 6.42 Å². The second-order valence-electron chi connectivity index (χ2n) is 3.63. The number of benzene rings is 1. The van der Waals surface area contributed by atoms with Crippen LogP contribution in [0.25, 0.3) is 0 Å². The first-order chi connectivity index (χ1) is 8.13. The molecule has 4 nitrogen and oxygen atoms in total. The van der Waals surface area contributed by atoms with E-state index in [0.29, 0.717) is 12.8 Å². The average molecular weight is 255 g/mol. The highest BCUT2D eigenvalue weighted by Crippen LogP contribution is 2.08. The maximum absolute atomic E-state index is 11.5. The molecule has 0 fully saturated rings. The van der Waals surface area contributed by atoms with Gasteiger partial charge in [0.05, 0.1) is 6.42 Å². The number of ether oxygens (including phenoxy) is 1. The van der Waals surface area contributed by atoms with Crippen molar-refractivity contribution in [1.82, 2.24) is 0 Å². The molecule has 0 aliphatic carbocycles. The summed E-state index contributed by atoms with van der Waals surface area (Å²) in [5.41, 5.74) is -0.222. The van der Waals surface area contributed by atoms with E-state index >= 15 is 0 Å². The maximum Gasteiger partial charge on any atom is 0.311 e. The second kappa shape index (κ2) is 7.19. The number of carbonyl (C=O) groups is 1. The molecule has 0 aliphatic heterocycles. The summed E-state index contributed by atoms with van der Waals surface area (Å²) < 4.78 is 26.5. The summed E-state index contributed by atoms with van der Waals surface area (Å²) in [6.07, 6.45) is 1.08. The highest BCUT2D eigenvalue weighted by Gasteiger charge is 2.14. The van der Waals surface area contributed by atoms with Gasteiger partial charge in [0.2, 0.25) is 0 Å². The van der Waals surface area contributed by atoms with Crippen molar-refractivity contribution in [3.8, 4) is 0 Å². The Hall–Kier alpha value is -1.20. The zero-order chi connectivity index (χ0) is 12.7. The first-order valence-electron chi connectivity index (χ1n) is 5.45. The number of hydrogen-bond donors (Lipinski definition) is 0. The molecular weight excluding hydrogens is 240 g/mol. The zero-order valence-electron chi connectivity index (χ0n) is 9.63. The molecule has 0 spiro atoms. The number of rotatable bonds is 6. The van der Waals surface area contributed by atoms with Gasteiger partial charge < -0.3 is 9.29 Å². The van der Waals surface area contributed by atoms with Crippen LogP contribution >= 0.6 is 0 Å². The predicted molar refractivity (Wildman–Crippen MR) is 63.9 cm³/mol. The molecule has 0 amide bonds. The topological polar surface area (TPSA) is 66.4 Å². The van der Waals surface area contributed by atoms with E-state index in [2.05, 4.69) is 0 Å². The number of esters is 1. The van der Waals surface area contributed by atoms with Crippen LogP contribution in [-0.4, -0.2) is 20.2 Å². The second-order valence-corrected chi connectivity index (χ2v) is 4.68. The Balaban J connectivity index is 2.51. The van der Waals surface area contributed by atoms with Crippen molar-refractivity contribution in [3.63, 3.8) is 0 Å². The van der Waals surface area contributed by atoms with E-state index in [9.17, 15) is 13.6 Å². The van der Waals surface area contributed by atoms with Crippen molar-refractivity contribution in [2.24, 2.45) is 0 Å². The van der Waals surface area contributed by atoms with E-state index in [4.69, 9.17) is 4.74 Å². The number of carbonyl (C=O) groups excluding carboxylic acids is 1. The lowest BCUT2D eigenvalue weighted by molar-refractivity contribution is -0.144. The molecule has 94 valence electrons. The van der Waals surface area contributed by atoms with Gasteiger partial charge in [0.15, 0.2) is 5.44 Å². The summed E-state index contributed by atoms with van der Waals surface area (Å²) in [5.74, 6) is -0.515. The lowest BCUT2D eigenvalue weighted by atomic mass is 10.2. The fraction of sp³-hybridized carbons (Fsp3) is 0.417. The van der Waals surface area contributed by atoms with E-state index in [1.165, 1.54) is 0 Å². The van der Waals surface area contributed by atoms with Crippen LogP contribution in [0.15, 0.2) is 30.3 Å². The molecule has 0 aliphatic rings. The Morgan fingerprint density at radius 3 is 2.59 bits per heavy atom. The molecule has 5 heteroatoms. The Bertz CT molecular complexity index is 377. The summed E-state index contributed by atoms with van der Waals surface area (Å²) >= 11 is -2.37. The van der Waals surface area contributed by atoms with Crippen LogP contribution in [0.4, 0.5) is 0 Å². The summed E-state index contributed by atoms with van der Waals surface area (Å²) in [6, 6.07) is 9.08. The molecule has 2 atom stereocenters. The minimum absolute atomic E-state index is 0.0955. The molecule has 0 heterocycles.